The van der Waals surface area contributed by atoms with Crippen molar-refractivity contribution in [2.24, 2.45) is 0 Å². The van der Waals surface area contributed by atoms with Crippen LogP contribution in [0.4, 0.5) is 10.5 Å². The van der Waals surface area contributed by atoms with Crippen LogP contribution in [0.3, 0.4) is 0 Å². The molecule has 0 aliphatic carbocycles. The molecule has 4 rings (SSSR count). The van der Waals surface area contributed by atoms with Gasteiger partial charge in [-0.15, -0.1) is 0 Å². The van der Waals surface area contributed by atoms with Crippen molar-refractivity contribution in [3.8, 4) is 10.9 Å². The summed E-state index contributed by atoms with van der Waals surface area (Å²) in [5, 5.41) is 3.90. The fourth-order valence-electron chi connectivity index (χ4n) is 2.70. The number of hydrogen-bond acceptors (Lipinski definition) is 5. The number of carbonyl (C=O) groups is 1. The second kappa shape index (κ2) is 7.01. The van der Waals surface area contributed by atoms with E-state index < -0.39 is 0 Å². The SMILES string of the molecule is COc1cccc2sc(OC3CN(C(=O)Nc4ccccc4Cl)C3)nc12. The summed E-state index contributed by atoms with van der Waals surface area (Å²) in [4.78, 5) is 18.4. The van der Waals surface area contributed by atoms with Crippen molar-refractivity contribution in [3.05, 3.63) is 47.5 Å². The Balaban J connectivity index is 1.35. The molecule has 1 aliphatic heterocycles. The molecule has 0 atom stereocenters. The van der Waals surface area contributed by atoms with E-state index in [2.05, 4.69) is 10.3 Å². The van der Waals surface area contributed by atoms with Crippen LogP contribution in [0.2, 0.25) is 5.02 Å². The molecule has 1 aliphatic rings. The number of halogens is 1. The van der Waals surface area contributed by atoms with Crippen LogP contribution < -0.4 is 14.8 Å². The Labute approximate surface area is 159 Å². The van der Waals surface area contributed by atoms with E-state index in [1.807, 2.05) is 30.3 Å². The van der Waals surface area contributed by atoms with Crippen molar-refractivity contribution in [2.75, 3.05) is 25.5 Å². The van der Waals surface area contributed by atoms with Crippen LogP contribution in [0.25, 0.3) is 10.2 Å². The Hall–Kier alpha value is -2.51. The average Bonchev–Trinajstić information content (AvgIpc) is 3.02. The van der Waals surface area contributed by atoms with E-state index in [0.717, 1.165) is 16.0 Å². The van der Waals surface area contributed by atoms with Gasteiger partial charge in [0.05, 0.1) is 35.6 Å². The monoisotopic (exact) mass is 389 g/mol. The maximum absolute atomic E-state index is 12.2. The van der Waals surface area contributed by atoms with Gasteiger partial charge < -0.3 is 19.7 Å². The standard InChI is InChI=1S/C18H16ClN3O3S/c1-24-14-7-4-8-15-16(14)21-18(26-15)25-11-9-22(10-11)17(23)20-13-6-3-2-5-12(13)19/h2-8,11H,9-10H2,1H3,(H,20,23). The lowest BCUT2D eigenvalue weighted by molar-refractivity contribution is 0.0492. The highest BCUT2D eigenvalue weighted by Gasteiger charge is 2.33. The zero-order valence-corrected chi connectivity index (χ0v) is 15.5. The number of benzene rings is 2. The van der Waals surface area contributed by atoms with Crippen molar-refractivity contribution >= 4 is 44.9 Å². The maximum atomic E-state index is 12.2. The van der Waals surface area contributed by atoms with E-state index in [1.165, 1.54) is 11.3 Å². The molecule has 2 amide bonds. The Kier molecular flexibility index (Phi) is 4.57. The zero-order valence-electron chi connectivity index (χ0n) is 13.9. The largest absolute Gasteiger partial charge is 0.494 e. The van der Waals surface area contributed by atoms with Crippen LogP contribution in [0.5, 0.6) is 10.9 Å². The predicted molar refractivity (Wildman–Crippen MR) is 103 cm³/mol. The van der Waals surface area contributed by atoms with Gasteiger partial charge in [0.25, 0.3) is 5.19 Å². The Morgan fingerprint density at radius 1 is 1.27 bits per heavy atom. The third-order valence-electron chi connectivity index (χ3n) is 4.10. The average molecular weight is 390 g/mol. The molecule has 1 fully saturated rings. The van der Waals surface area contributed by atoms with Gasteiger partial charge in [-0.2, -0.15) is 4.98 Å². The Morgan fingerprint density at radius 2 is 2.08 bits per heavy atom. The molecular weight excluding hydrogens is 374 g/mol. The van der Waals surface area contributed by atoms with Crippen molar-refractivity contribution in [1.29, 1.82) is 0 Å². The van der Waals surface area contributed by atoms with Crippen molar-refractivity contribution in [2.45, 2.75) is 6.10 Å². The molecule has 26 heavy (non-hydrogen) atoms. The number of para-hydroxylation sites is 2. The summed E-state index contributed by atoms with van der Waals surface area (Å²) in [7, 11) is 1.62. The Morgan fingerprint density at radius 3 is 2.85 bits per heavy atom. The highest BCUT2D eigenvalue weighted by atomic mass is 35.5. The molecule has 134 valence electrons. The molecule has 2 heterocycles. The number of ether oxygens (including phenoxy) is 2. The van der Waals surface area contributed by atoms with E-state index in [4.69, 9.17) is 21.1 Å². The molecule has 6 nitrogen and oxygen atoms in total. The molecule has 1 aromatic heterocycles. The molecule has 0 spiro atoms. The highest BCUT2D eigenvalue weighted by molar-refractivity contribution is 7.20. The number of rotatable bonds is 4. The minimum atomic E-state index is -0.191. The van der Waals surface area contributed by atoms with Gasteiger partial charge in [-0.25, -0.2) is 4.79 Å². The van der Waals surface area contributed by atoms with Gasteiger partial charge in [0.2, 0.25) is 0 Å². The van der Waals surface area contributed by atoms with Crippen LogP contribution in [0.1, 0.15) is 0 Å². The maximum Gasteiger partial charge on any atom is 0.322 e. The fraction of sp³-hybridized carbons (Fsp3) is 0.222. The topological polar surface area (TPSA) is 63.7 Å². The number of carbonyl (C=O) groups excluding carboxylic acids is 1. The van der Waals surface area contributed by atoms with Gasteiger partial charge in [-0.05, 0) is 24.3 Å². The molecule has 2 aromatic carbocycles. The van der Waals surface area contributed by atoms with Gasteiger partial charge in [-0.3, -0.25) is 0 Å². The van der Waals surface area contributed by atoms with Gasteiger partial charge in [0.15, 0.2) is 0 Å². The molecule has 0 saturated carbocycles. The summed E-state index contributed by atoms with van der Waals surface area (Å²) in [6.07, 6.45) is -0.0708. The van der Waals surface area contributed by atoms with Crippen LogP contribution >= 0.6 is 22.9 Å². The fourth-order valence-corrected chi connectivity index (χ4v) is 3.78. The van der Waals surface area contributed by atoms with Crippen LogP contribution in [-0.2, 0) is 0 Å². The third kappa shape index (κ3) is 3.27. The first kappa shape index (κ1) is 16.9. The number of likely N-dealkylation sites (tertiary alicyclic amines) is 1. The summed E-state index contributed by atoms with van der Waals surface area (Å²) < 4.78 is 12.2. The number of hydrogen-bond donors (Lipinski definition) is 1. The lowest BCUT2D eigenvalue weighted by atomic mass is 10.2. The van der Waals surface area contributed by atoms with Crippen molar-refractivity contribution in [1.82, 2.24) is 9.88 Å². The second-order valence-electron chi connectivity index (χ2n) is 5.84. The minimum absolute atomic E-state index is 0.0708. The molecule has 8 heteroatoms. The van der Waals surface area contributed by atoms with E-state index in [-0.39, 0.29) is 12.1 Å². The summed E-state index contributed by atoms with van der Waals surface area (Å²) in [5.41, 5.74) is 1.39. The quantitative estimate of drug-likeness (QED) is 0.724. The number of nitrogens with one attached hydrogen (secondary N) is 1. The molecule has 0 radical (unpaired) electrons. The summed E-state index contributed by atoms with van der Waals surface area (Å²) in [6, 6.07) is 12.7. The van der Waals surface area contributed by atoms with E-state index >= 15 is 0 Å². The number of anilines is 1. The third-order valence-corrected chi connectivity index (χ3v) is 5.34. The lowest BCUT2D eigenvalue weighted by Crippen LogP contribution is -2.57. The molecule has 1 N–H and O–H groups in total. The second-order valence-corrected chi connectivity index (χ2v) is 7.24. The number of nitrogens with zero attached hydrogens (tertiary/aromatic N) is 2. The predicted octanol–water partition coefficient (Wildman–Crippen LogP) is 4.25. The highest BCUT2D eigenvalue weighted by Crippen LogP contribution is 2.34. The number of thiazole rings is 1. The lowest BCUT2D eigenvalue weighted by Gasteiger charge is -2.38. The molecular formula is C18H16ClN3O3S. The van der Waals surface area contributed by atoms with Crippen LogP contribution in [-0.4, -0.2) is 42.2 Å². The number of methoxy groups -OCH3 is 1. The normalized spacial score (nSPS) is 14.2. The first-order valence-electron chi connectivity index (χ1n) is 8.04. The number of aromatic nitrogens is 1. The van der Waals surface area contributed by atoms with E-state index in [0.29, 0.717) is 29.0 Å². The minimum Gasteiger partial charge on any atom is -0.494 e. The van der Waals surface area contributed by atoms with Crippen molar-refractivity contribution in [3.63, 3.8) is 0 Å². The molecule has 3 aromatic rings. The van der Waals surface area contributed by atoms with Gasteiger partial charge in [0.1, 0.15) is 17.4 Å². The van der Waals surface area contributed by atoms with Crippen molar-refractivity contribution < 1.29 is 14.3 Å². The summed E-state index contributed by atoms with van der Waals surface area (Å²) in [6.45, 7) is 1.01. The van der Waals surface area contributed by atoms with Gasteiger partial charge >= 0.3 is 6.03 Å². The zero-order chi connectivity index (χ0) is 18.1. The number of amides is 2. The summed E-state index contributed by atoms with van der Waals surface area (Å²) >= 11 is 7.53. The Bertz CT molecular complexity index is 956. The smallest absolute Gasteiger partial charge is 0.322 e. The molecule has 1 saturated heterocycles. The summed E-state index contributed by atoms with van der Waals surface area (Å²) in [5.74, 6) is 0.725. The first-order valence-corrected chi connectivity index (χ1v) is 9.24. The van der Waals surface area contributed by atoms with E-state index in [1.54, 1.807) is 24.1 Å². The number of urea groups is 1. The van der Waals surface area contributed by atoms with Crippen LogP contribution in [0, 0.1) is 0 Å². The molecule has 0 bridgehead atoms. The first-order chi connectivity index (χ1) is 12.6. The van der Waals surface area contributed by atoms with E-state index in [9.17, 15) is 4.79 Å². The van der Waals surface area contributed by atoms with Crippen LogP contribution in [0.15, 0.2) is 42.5 Å². The van der Waals surface area contributed by atoms with Gasteiger partial charge in [0, 0.05) is 0 Å². The van der Waals surface area contributed by atoms with Gasteiger partial charge in [-0.1, -0.05) is 41.1 Å². The number of fused-ring (bicyclic) bond motifs is 1. The molecule has 0 unspecified atom stereocenters.